The number of anilines is 1. The van der Waals surface area contributed by atoms with Crippen LogP contribution in [0.1, 0.15) is 57.5 Å². The zero-order chi connectivity index (χ0) is 23.8. The van der Waals surface area contributed by atoms with Crippen LogP contribution in [-0.2, 0) is 14.8 Å². The largest absolute Gasteiger partial charge is 0.326 e. The second kappa shape index (κ2) is 9.07. The Balaban J connectivity index is 1.43. The van der Waals surface area contributed by atoms with Crippen molar-refractivity contribution in [2.45, 2.75) is 44.4 Å². The van der Waals surface area contributed by atoms with Gasteiger partial charge >= 0.3 is 0 Å². The van der Waals surface area contributed by atoms with Crippen LogP contribution in [0.4, 0.5) is 5.69 Å². The molecule has 0 aromatic heterocycles. The van der Waals surface area contributed by atoms with E-state index in [1.165, 1.54) is 10.4 Å². The van der Waals surface area contributed by atoms with E-state index in [9.17, 15) is 22.8 Å². The Morgan fingerprint density at radius 3 is 2.36 bits per heavy atom. The summed E-state index contributed by atoms with van der Waals surface area (Å²) in [6, 6.07) is 9.86. The number of amides is 3. The van der Waals surface area contributed by atoms with E-state index >= 15 is 0 Å². The van der Waals surface area contributed by atoms with Crippen LogP contribution in [0.5, 0.6) is 0 Å². The zero-order valence-electron chi connectivity index (χ0n) is 18.8. The molecule has 33 heavy (non-hydrogen) atoms. The van der Waals surface area contributed by atoms with Crippen LogP contribution in [0, 0.1) is 13.8 Å². The van der Waals surface area contributed by atoms with Gasteiger partial charge in [0.05, 0.1) is 16.0 Å². The molecule has 9 heteroatoms. The molecule has 2 aliphatic rings. The Hall–Kier alpha value is -3.04. The third kappa shape index (κ3) is 4.56. The standard InChI is InChI=1S/C24H27N3O5S/c1-16-6-9-19-20(14-16)24(30)27(23(19)29)13-10-22(28)25-18-8-7-17(2)21(15-18)33(31,32)26-11-4-3-5-12-26/h6-9,14-15H,3-5,10-13H2,1-2H3,(H,25,28). The topological polar surface area (TPSA) is 104 Å². The summed E-state index contributed by atoms with van der Waals surface area (Å²) >= 11 is 0. The monoisotopic (exact) mass is 469 g/mol. The summed E-state index contributed by atoms with van der Waals surface area (Å²) in [5, 5.41) is 2.70. The van der Waals surface area contributed by atoms with Gasteiger partial charge in [-0.1, -0.05) is 24.1 Å². The highest BCUT2D eigenvalue weighted by Crippen LogP contribution is 2.27. The summed E-state index contributed by atoms with van der Waals surface area (Å²) < 4.78 is 27.7. The van der Waals surface area contributed by atoms with E-state index in [-0.39, 0.29) is 17.9 Å². The molecule has 8 nitrogen and oxygen atoms in total. The van der Waals surface area contributed by atoms with Gasteiger partial charge in [0.15, 0.2) is 0 Å². The maximum Gasteiger partial charge on any atom is 0.261 e. The van der Waals surface area contributed by atoms with E-state index in [4.69, 9.17) is 0 Å². The van der Waals surface area contributed by atoms with Gasteiger partial charge in [0.25, 0.3) is 11.8 Å². The Labute approximate surface area is 193 Å². The SMILES string of the molecule is Cc1ccc2c(c1)C(=O)N(CCC(=O)Nc1ccc(C)c(S(=O)(=O)N3CCCCC3)c1)C2=O. The third-order valence-electron chi connectivity index (χ3n) is 6.09. The van der Waals surface area contributed by atoms with Crippen LogP contribution in [-0.4, -0.2) is 55.0 Å². The minimum atomic E-state index is -3.64. The molecule has 1 saturated heterocycles. The van der Waals surface area contributed by atoms with E-state index < -0.39 is 27.7 Å². The van der Waals surface area contributed by atoms with Gasteiger partial charge < -0.3 is 5.32 Å². The fraction of sp³-hybridized carbons (Fsp3) is 0.375. The molecule has 1 N–H and O–H groups in total. The first-order valence-electron chi connectivity index (χ1n) is 11.1. The fourth-order valence-electron chi connectivity index (χ4n) is 4.24. The number of hydrogen-bond acceptors (Lipinski definition) is 5. The molecule has 4 rings (SSSR count). The van der Waals surface area contributed by atoms with Crippen LogP contribution in [0.15, 0.2) is 41.3 Å². The molecule has 2 aromatic rings. The second-order valence-corrected chi connectivity index (χ2v) is 10.5. The Kier molecular flexibility index (Phi) is 6.36. The number of benzene rings is 2. The Morgan fingerprint density at radius 2 is 1.64 bits per heavy atom. The van der Waals surface area contributed by atoms with Crippen molar-refractivity contribution >= 4 is 33.4 Å². The highest BCUT2D eigenvalue weighted by atomic mass is 32.2. The number of aryl methyl sites for hydroxylation is 2. The number of carbonyl (C=O) groups is 3. The van der Waals surface area contributed by atoms with E-state index in [2.05, 4.69) is 5.32 Å². The highest BCUT2D eigenvalue weighted by molar-refractivity contribution is 7.89. The first-order valence-corrected chi connectivity index (χ1v) is 12.5. The van der Waals surface area contributed by atoms with Crippen molar-refractivity contribution in [2.24, 2.45) is 0 Å². The van der Waals surface area contributed by atoms with Crippen molar-refractivity contribution in [3.63, 3.8) is 0 Å². The highest BCUT2D eigenvalue weighted by Gasteiger charge is 2.35. The molecule has 0 bridgehead atoms. The second-order valence-electron chi connectivity index (χ2n) is 8.55. The lowest BCUT2D eigenvalue weighted by atomic mass is 10.1. The predicted octanol–water partition coefficient (Wildman–Crippen LogP) is 3.10. The molecule has 0 aliphatic carbocycles. The molecule has 1 fully saturated rings. The van der Waals surface area contributed by atoms with Crippen molar-refractivity contribution in [2.75, 3.05) is 25.0 Å². The van der Waals surface area contributed by atoms with Crippen molar-refractivity contribution in [1.29, 1.82) is 0 Å². The third-order valence-corrected chi connectivity index (χ3v) is 8.13. The first-order chi connectivity index (χ1) is 15.7. The van der Waals surface area contributed by atoms with Crippen LogP contribution >= 0.6 is 0 Å². The van der Waals surface area contributed by atoms with Crippen molar-refractivity contribution < 1.29 is 22.8 Å². The number of rotatable bonds is 6. The van der Waals surface area contributed by atoms with Crippen LogP contribution < -0.4 is 5.32 Å². The Morgan fingerprint density at radius 1 is 0.939 bits per heavy atom. The lowest BCUT2D eigenvalue weighted by Gasteiger charge is -2.26. The number of sulfonamides is 1. The smallest absolute Gasteiger partial charge is 0.261 e. The molecule has 2 aliphatic heterocycles. The first kappa shape index (κ1) is 23.1. The molecule has 174 valence electrons. The van der Waals surface area contributed by atoms with Crippen molar-refractivity contribution in [3.8, 4) is 0 Å². The lowest BCUT2D eigenvalue weighted by Crippen LogP contribution is -2.36. The minimum Gasteiger partial charge on any atom is -0.326 e. The maximum absolute atomic E-state index is 13.1. The molecule has 0 saturated carbocycles. The van der Waals surface area contributed by atoms with Gasteiger partial charge in [0, 0.05) is 31.7 Å². The molecular formula is C24H27N3O5S. The number of nitrogens with zero attached hydrogens (tertiary/aromatic N) is 2. The summed E-state index contributed by atoms with van der Waals surface area (Å²) in [6.07, 6.45) is 2.61. The number of imide groups is 1. The van der Waals surface area contributed by atoms with Gasteiger partial charge in [-0.05, 0) is 56.5 Å². The minimum absolute atomic E-state index is 0.0535. The average molecular weight is 470 g/mol. The van der Waals surface area contributed by atoms with Gasteiger partial charge in [-0.3, -0.25) is 19.3 Å². The summed E-state index contributed by atoms with van der Waals surface area (Å²) in [4.78, 5) is 38.9. The molecule has 2 aromatic carbocycles. The van der Waals surface area contributed by atoms with E-state index in [0.29, 0.717) is 35.5 Å². The molecule has 0 atom stereocenters. The van der Waals surface area contributed by atoms with Gasteiger partial charge in [-0.15, -0.1) is 0 Å². The number of piperidine rings is 1. The van der Waals surface area contributed by atoms with E-state index in [1.807, 2.05) is 6.92 Å². The zero-order valence-corrected chi connectivity index (χ0v) is 19.6. The summed E-state index contributed by atoms with van der Waals surface area (Å²) in [7, 11) is -3.64. The van der Waals surface area contributed by atoms with E-state index in [0.717, 1.165) is 29.7 Å². The number of hydrogen-bond donors (Lipinski definition) is 1. The van der Waals surface area contributed by atoms with Crippen LogP contribution in [0.2, 0.25) is 0 Å². The number of fused-ring (bicyclic) bond motifs is 1. The summed E-state index contributed by atoms with van der Waals surface area (Å²) in [5.74, 6) is -1.22. The molecule has 0 radical (unpaired) electrons. The molecular weight excluding hydrogens is 442 g/mol. The maximum atomic E-state index is 13.1. The van der Waals surface area contributed by atoms with Crippen LogP contribution in [0.3, 0.4) is 0 Å². The van der Waals surface area contributed by atoms with Gasteiger partial charge in [0.2, 0.25) is 15.9 Å². The van der Waals surface area contributed by atoms with E-state index in [1.54, 1.807) is 37.3 Å². The van der Waals surface area contributed by atoms with Gasteiger partial charge in [0.1, 0.15) is 0 Å². The molecule has 0 spiro atoms. The van der Waals surface area contributed by atoms with Crippen LogP contribution in [0.25, 0.3) is 0 Å². The van der Waals surface area contributed by atoms with Crippen molar-refractivity contribution in [1.82, 2.24) is 9.21 Å². The molecule has 2 heterocycles. The Bertz CT molecular complexity index is 1230. The summed E-state index contributed by atoms with van der Waals surface area (Å²) in [5.41, 5.74) is 2.55. The lowest BCUT2D eigenvalue weighted by molar-refractivity contribution is -0.116. The van der Waals surface area contributed by atoms with Gasteiger partial charge in [-0.2, -0.15) is 4.31 Å². The van der Waals surface area contributed by atoms with Crippen molar-refractivity contribution in [3.05, 3.63) is 58.7 Å². The number of carbonyl (C=O) groups excluding carboxylic acids is 3. The predicted molar refractivity (Wildman–Crippen MR) is 124 cm³/mol. The summed E-state index contributed by atoms with van der Waals surface area (Å²) in [6.45, 7) is 4.51. The fourth-order valence-corrected chi connectivity index (χ4v) is 6.01. The quantitative estimate of drug-likeness (QED) is 0.655. The van der Waals surface area contributed by atoms with Gasteiger partial charge in [-0.25, -0.2) is 8.42 Å². The number of nitrogens with one attached hydrogen (secondary N) is 1. The molecule has 3 amide bonds. The average Bonchev–Trinajstić information content (AvgIpc) is 3.03. The molecule has 0 unspecified atom stereocenters. The normalized spacial score (nSPS) is 16.7.